The lowest BCUT2D eigenvalue weighted by molar-refractivity contribution is -0.917. The number of quaternary nitrogens is 1. The SMILES string of the molecule is CCCCCCCCCCCCCCCCCC(=O)OC(CC)[N+](C)(C)C. The summed E-state index contributed by atoms with van der Waals surface area (Å²) in [6.45, 7) is 4.36. The first kappa shape index (κ1) is 26.4. The third-order valence-electron chi connectivity index (χ3n) is 5.47. The highest BCUT2D eigenvalue weighted by Gasteiger charge is 2.25. The van der Waals surface area contributed by atoms with Crippen LogP contribution in [0.2, 0.25) is 0 Å². The van der Waals surface area contributed by atoms with Crippen molar-refractivity contribution in [1.82, 2.24) is 0 Å². The van der Waals surface area contributed by atoms with E-state index in [1.807, 2.05) is 0 Å². The van der Waals surface area contributed by atoms with Gasteiger partial charge in [0.2, 0.25) is 6.23 Å². The first-order chi connectivity index (χ1) is 12.9. The average Bonchev–Trinajstić information content (AvgIpc) is 2.62. The summed E-state index contributed by atoms with van der Waals surface area (Å²) in [4.78, 5) is 12.0. The lowest BCUT2D eigenvalue weighted by Crippen LogP contribution is -2.47. The molecule has 0 saturated carbocycles. The summed E-state index contributed by atoms with van der Waals surface area (Å²) in [7, 11) is 6.24. The summed E-state index contributed by atoms with van der Waals surface area (Å²) in [5.41, 5.74) is 0. The third-order valence-corrected chi connectivity index (χ3v) is 5.47. The Morgan fingerprint density at radius 3 is 1.37 bits per heavy atom. The van der Waals surface area contributed by atoms with Gasteiger partial charge in [0, 0.05) is 12.8 Å². The minimum Gasteiger partial charge on any atom is -0.412 e. The van der Waals surface area contributed by atoms with Crippen LogP contribution >= 0.6 is 0 Å². The normalized spacial score (nSPS) is 12.9. The van der Waals surface area contributed by atoms with E-state index < -0.39 is 0 Å². The molecule has 0 fully saturated rings. The number of hydrogen-bond donors (Lipinski definition) is 0. The van der Waals surface area contributed by atoms with Crippen molar-refractivity contribution in [1.29, 1.82) is 0 Å². The summed E-state index contributed by atoms with van der Waals surface area (Å²) in [5.74, 6) is -0.0235. The molecule has 0 amide bonds. The van der Waals surface area contributed by atoms with Crippen molar-refractivity contribution in [2.45, 2.75) is 129 Å². The smallest absolute Gasteiger partial charge is 0.310 e. The fourth-order valence-corrected chi connectivity index (χ4v) is 3.64. The Bertz CT molecular complexity index is 336. The van der Waals surface area contributed by atoms with Crippen molar-refractivity contribution in [3.8, 4) is 0 Å². The fraction of sp³-hybridized carbons (Fsp3) is 0.958. The monoisotopic (exact) mass is 384 g/mol. The molecule has 162 valence electrons. The molecule has 0 aliphatic carbocycles. The summed E-state index contributed by atoms with van der Waals surface area (Å²) < 4.78 is 6.30. The van der Waals surface area contributed by atoms with Gasteiger partial charge in [-0.05, 0) is 6.42 Å². The van der Waals surface area contributed by atoms with E-state index in [-0.39, 0.29) is 12.2 Å². The van der Waals surface area contributed by atoms with E-state index in [2.05, 4.69) is 35.0 Å². The first-order valence-corrected chi connectivity index (χ1v) is 11.9. The fourth-order valence-electron chi connectivity index (χ4n) is 3.64. The maximum atomic E-state index is 12.0. The second-order valence-electron chi connectivity index (χ2n) is 9.17. The van der Waals surface area contributed by atoms with Crippen LogP contribution in [0.4, 0.5) is 0 Å². The zero-order valence-electron chi connectivity index (χ0n) is 19.4. The minimum absolute atomic E-state index is 0.0196. The quantitative estimate of drug-likeness (QED) is 0.102. The molecule has 0 bridgehead atoms. The maximum absolute atomic E-state index is 12.0. The number of unbranched alkanes of at least 4 members (excludes halogenated alkanes) is 14. The molecule has 3 nitrogen and oxygen atoms in total. The van der Waals surface area contributed by atoms with Gasteiger partial charge in [-0.25, -0.2) is 0 Å². The van der Waals surface area contributed by atoms with Crippen LogP contribution in [0.15, 0.2) is 0 Å². The number of ether oxygens (including phenoxy) is 1. The number of carbonyl (C=O) groups excluding carboxylic acids is 1. The van der Waals surface area contributed by atoms with E-state index in [9.17, 15) is 4.79 Å². The van der Waals surface area contributed by atoms with Crippen LogP contribution in [-0.2, 0) is 9.53 Å². The van der Waals surface area contributed by atoms with Gasteiger partial charge in [-0.15, -0.1) is 0 Å². The number of hydrogen-bond acceptors (Lipinski definition) is 2. The second-order valence-corrected chi connectivity index (χ2v) is 9.17. The molecule has 0 spiro atoms. The van der Waals surface area contributed by atoms with Gasteiger partial charge >= 0.3 is 5.97 Å². The van der Waals surface area contributed by atoms with Crippen LogP contribution in [0.3, 0.4) is 0 Å². The van der Waals surface area contributed by atoms with E-state index in [0.29, 0.717) is 10.9 Å². The summed E-state index contributed by atoms with van der Waals surface area (Å²) >= 11 is 0. The van der Waals surface area contributed by atoms with Gasteiger partial charge in [0.05, 0.1) is 21.1 Å². The van der Waals surface area contributed by atoms with Gasteiger partial charge in [0.25, 0.3) is 0 Å². The summed E-state index contributed by atoms with van der Waals surface area (Å²) in [6, 6.07) is 0. The Kier molecular flexibility index (Phi) is 17.2. The molecular weight excluding hydrogens is 334 g/mol. The van der Waals surface area contributed by atoms with Crippen molar-refractivity contribution in [2.24, 2.45) is 0 Å². The van der Waals surface area contributed by atoms with Gasteiger partial charge in [-0.2, -0.15) is 0 Å². The van der Waals surface area contributed by atoms with E-state index in [0.717, 1.165) is 19.3 Å². The molecule has 27 heavy (non-hydrogen) atoms. The molecular formula is C24H50NO2+. The van der Waals surface area contributed by atoms with Crippen LogP contribution in [0, 0.1) is 0 Å². The predicted molar refractivity (Wildman–Crippen MR) is 118 cm³/mol. The summed E-state index contributed by atoms with van der Waals surface area (Å²) in [6.07, 6.45) is 21.7. The van der Waals surface area contributed by atoms with Gasteiger partial charge in [-0.3, -0.25) is 9.28 Å². The Morgan fingerprint density at radius 2 is 1.04 bits per heavy atom. The molecule has 0 aromatic heterocycles. The molecule has 0 saturated heterocycles. The van der Waals surface area contributed by atoms with E-state index in [1.165, 1.54) is 83.5 Å². The van der Waals surface area contributed by atoms with Crippen molar-refractivity contribution in [3.05, 3.63) is 0 Å². The molecule has 1 atom stereocenters. The molecule has 0 aliphatic heterocycles. The molecule has 0 heterocycles. The van der Waals surface area contributed by atoms with Crippen molar-refractivity contribution < 1.29 is 14.0 Å². The minimum atomic E-state index is -0.0235. The third kappa shape index (κ3) is 17.3. The zero-order valence-corrected chi connectivity index (χ0v) is 19.4. The molecule has 0 rings (SSSR count). The van der Waals surface area contributed by atoms with Gasteiger partial charge in [-0.1, -0.05) is 104 Å². The number of esters is 1. The highest BCUT2D eigenvalue weighted by Crippen LogP contribution is 2.15. The predicted octanol–water partition coefficient (Wildman–Crippen LogP) is 7.23. The Morgan fingerprint density at radius 1 is 0.667 bits per heavy atom. The Labute approximate surface area is 170 Å². The van der Waals surface area contributed by atoms with Crippen molar-refractivity contribution >= 4 is 5.97 Å². The number of carbonyl (C=O) groups is 1. The van der Waals surface area contributed by atoms with Crippen LogP contribution in [0.25, 0.3) is 0 Å². The maximum Gasteiger partial charge on any atom is 0.310 e. The van der Waals surface area contributed by atoms with E-state index in [1.54, 1.807) is 0 Å². The lowest BCUT2D eigenvalue weighted by Gasteiger charge is -2.32. The van der Waals surface area contributed by atoms with Gasteiger partial charge < -0.3 is 4.74 Å². The molecule has 0 aromatic carbocycles. The topological polar surface area (TPSA) is 26.3 Å². The van der Waals surface area contributed by atoms with Crippen LogP contribution in [0.1, 0.15) is 123 Å². The number of nitrogens with zero attached hydrogens (tertiary/aromatic N) is 1. The summed E-state index contributed by atoms with van der Waals surface area (Å²) in [5, 5.41) is 0. The molecule has 3 heteroatoms. The van der Waals surface area contributed by atoms with Crippen LogP contribution in [0.5, 0.6) is 0 Å². The highest BCUT2D eigenvalue weighted by molar-refractivity contribution is 5.69. The number of rotatable bonds is 19. The zero-order chi connectivity index (χ0) is 20.4. The van der Waals surface area contributed by atoms with Crippen molar-refractivity contribution in [3.63, 3.8) is 0 Å². The first-order valence-electron chi connectivity index (χ1n) is 11.9. The Hall–Kier alpha value is -0.570. The molecule has 0 radical (unpaired) electrons. The van der Waals surface area contributed by atoms with E-state index in [4.69, 9.17) is 4.74 Å². The lowest BCUT2D eigenvalue weighted by atomic mass is 10.0. The van der Waals surface area contributed by atoms with Gasteiger partial charge in [0.1, 0.15) is 0 Å². The van der Waals surface area contributed by atoms with Crippen molar-refractivity contribution in [2.75, 3.05) is 21.1 Å². The molecule has 0 aliphatic rings. The van der Waals surface area contributed by atoms with Crippen LogP contribution in [-0.4, -0.2) is 37.8 Å². The molecule has 0 aromatic rings. The highest BCUT2D eigenvalue weighted by atomic mass is 16.6. The molecule has 1 unspecified atom stereocenters. The average molecular weight is 385 g/mol. The standard InChI is InChI=1S/C24H50NO2/c1-6-8-9-10-11-12-13-14-15-16-17-18-19-20-21-22-24(26)27-23(7-2)25(3,4)5/h23H,6-22H2,1-5H3/q+1. The molecule has 0 N–H and O–H groups in total. The van der Waals surface area contributed by atoms with Crippen LogP contribution < -0.4 is 0 Å². The van der Waals surface area contributed by atoms with Gasteiger partial charge in [0.15, 0.2) is 0 Å². The largest absolute Gasteiger partial charge is 0.412 e. The second kappa shape index (κ2) is 17.5. The van der Waals surface area contributed by atoms with E-state index >= 15 is 0 Å². The Balaban J connectivity index is 3.34.